The second-order valence-electron chi connectivity index (χ2n) is 4.47. The van der Waals surface area contributed by atoms with Crippen LogP contribution < -0.4 is 0 Å². The SMILES string of the molecule is CCC(=O)c1ccc(-c2ccc(C)c(C(F)(F)F)c2)s1. The molecular weight excluding hydrogens is 285 g/mol. The zero-order chi connectivity index (χ0) is 14.9. The van der Waals surface area contributed by atoms with Crippen LogP contribution in [0.4, 0.5) is 13.2 Å². The number of carbonyl (C=O) groups excluding carboxylic acids is 1. The summed E-state index contributed by atoms with van der Waals surface area (Å²) in [5.41, 5.74) is 0.0533. The molecule has 0 fully saturated rings. The first-order valence-corrected chi connectivity index (χ1v) is 6.96. The minimum atomic E-state index is -4.36. The van der Waals surface area contributed by atoms with Gasteiger partial charge >= 0.3 is 6.18 Å². The van der Waals surface area contributed by atoms with Crippen LogP contribution in [0.3, 0.4) is 0 Å². The molecule has 0 amide bonds. The molecule has 5 heteroatoms. The Kier molecular flexibility index (Phi) is 3.99. The summed E-state index contributed by atoms with van der Waals surface area (Å²) >= 11 is 1.23. The molecule has 1 heterocycles. The summed E-state index contributed by atoms with van der Waals surface area (Å²) in [6.45, 7) is 3.20. The third-order valence-corrected chi connectivity index (χ3v) is 4.20. The van der Waals surface area contributed by atoms with Gasteiger partial charge in [-0.1, -0.05) is 19.1 Å². The Morgan fingerprint density at radius 3 is 2.50 bits per heavy atom. The summed E-state index contributed by atoms with van der Waals surface area (Å²) in [7, 11) is 0. The first-order valence-electron chi connectivity index (χ1n) is 6.14. The number of benzene rings is 1. The molecular formula is C15H13F3OS. The van der Waals surface area contributed by atoms with E-state index in [-0.39, 0.29) is 11.3 Å². The van der Waals surface area contributed by atoms with Crippen LogP contribution in [0.5, 0.6) is 0 Å². The highest BCUT2D eigenvalue weighted by Gasteiger charge is 2.32. The number of aryl methyl sites for hydroxylation is 1. The van der Waals surface area contributed by atoms with Gasteiger partial charge in [-0.2, -0.15) is 13.2 Å². The summed E-state index contributed by atoms with van der Waals surface area (Å²) in [6.07, 6.45) is -3.97. The first-order chi connectivity index (χ1) is 9.32. The molecule has 0 saturated carbocycles. The highest BCUT2D eigenvalue weighted by Crippen LogP contribution is 2.36. The normalized spacial score (nSPS) is 11.7. The van der Waals surface area contributed by atoms with Crippen molar-refractivity contribution in [3.8, 4) is 10.4 Å². The van der Waals surface area contributed by atoms with E-state index in [1.165, 1.54) is 24.3 Å². The van der Waals surface area contributed by atoms with Crippen molar-refractivity contribution in [2.24, 2.45) is 0 Å². The van der Waals surface area contributed by atoms with Crippen LogP contribution in [0.2, 0.25) is 0 Å². The average Bonchev–Trinajstić information content (AvgIpc) is 2.86. The van der Waals surface area contributed by atoms with Crippen molar-refractivity contribution in [1.29, 1.82) is 0 Å². The Morgan fingerprint density at radius 1 is 1.20 bits per heavy atom. The molecule has 0 atom stereocenters. The summed E-state index contributed by atoms with van der Waals surface area (Å²) < 4.78 is 38.6. The fraction of sp³-hybridized carbons (Fsp3) is 0.267. The van der Waals surface area contributed by atoms with Gasteiger partial charge < -0.3 is 0 Å². The molecule has 0 N–H and O–H groups in total. The van der Waals surface area contributed by atoms with Crippen molar-refractivity contribution >= 4 is 17.1 Å². The lowest BCUT2D eigenvalue weighted by molar-refractivity contribution is -0.138. The second kappa shape index (κ2) is 5.40. The fourth-order valence-electron chi connectivity index (χ4n) is 1.90. The highest BCUT2D eigenvalue weighted by molar-refractivity contribution is 7.17. The molecule has 1 nitrogen and oxygen atoms in total. The van der Waals surface area contributed by atoms with Gasteiger partial charge in [-0.05, 0) is 36.2 Å². The number of alkyl halides is 3. The zero-order valence-corrected chi connectivity index (χ0v) is 11.9. The van der Waals surface area contributed by atoms with Gasteiger partial charge in [0.05, 0.1) is 10.4 Å². The molecule has 20 heavy (non-hydrogen) atoms. The molecule has 2 aromatic rings. The minimum absolute atomic E-state index is 0.00408. The third-order valence-electron chi connectivity index (χ3n) is 3.03. The molecule has 0 spiro atoms. The van der Waals surface area contributed by atoms with E-state index in [0.29, 0.717) is 21.7 Å². The van der Waals surface area contributed by atoms with Crippen molar-refractivity contribution in [2.75, 3.05) is 0 Å². The summed E-state index contributed by atoms with van der Waals surface area (Å²) in [5, 5.41) is 0. The second-order valence-corrected chi connectivity index (χ2v) is 5.55. The number of ketones is 1. The molecule has 0 aliphatic heterocycles. The van der Waals surface area contributed by atoms with Crippen molar-refractivity contribution in [3.05, 3.63) is 46.3 Å². The van der Waals surface area contributed by atoms with Gasteiger partial charge in [-0.3, -0.25) is 4.79 Å². The molecule has 0 aliphatic rings. The first kappa shape index (κ1) is 14.8. The molecule has 0 bridgehead atoms. The van der Waals surface area contributed by atoms with E-state index in [2.05, 4.69) is 0 Å². The van der Waals surface area contributed by atoms with E-state index in [4.69, 9.17) is 0 Å². The van der Waals surface area contributed by atoms with E-state index in [0.717, 1.165) is 6.07 Å². The lowest BCUT2D eigenvalue weighted by atomic mass is 10.0. The predicted molar refractivity (Wildman–Crippen MR) is 74.1 cm³/mol. The fourth-order valence-corrected chi connectivity index (χ4v) is 2.91. The number of carbonyl (C=O) groups is 1. The monoisotopic (exact) mass is 298 g/mol. The molecule has 1 aromatic heterocycles. The molecule has 0 aliphatic carbocycles. The largest absolute Gasteiger partial charge is 0.416 e. The number of hydrogen-bond donors (Lipinski definition) is 0. The Labute approximate surface area is 119 Å². The summed E-state index contributed by atoms with van der Waals surface area (Å²) in [6, 6.07) is 7.61. The lowest BCUT2D eigenvalue weighted by Crippen LogP contribution is -2.07. The van der Waals surface area contributed by atoms with Crippen LogP contribution in [-0.2, 0) is 6.18 Å². The Morgan fingerprint density at radius 2 is 1.90 bits per heavy atom. The number of halogens is 3. The van der Waals surface area contributed by atoms with E-state index >= 15 is 0 Å². The van der Waals surface area contributed by atoms with Gasteiger partial charge in [0.15, 0.2) is 5.78 Å². The van der Waals surface area contributed by atoms with Gasteiger partial charge in [0, 0.05) is 11.3 Å². The predicted octanol–water partition coefficient (Wildman–Crippen LogP) is 5.34. The average molecular weight is 298 g/mol. The molecule has 2 rings (SSSR count). The molecule has 106 valence electrons. The van der Waals surface area contributed by atoms with E-state index in [1.807, 2.05) is 0 Å². The summed E-state index contributed by atoms with van der Waals surface area (Å²) in [4.78, 5) is 12.8. The van der Waals surface area contributed by atoms with Crippen LogP contribution >= 0.6 is 11.3 Å². The maximum absolute atomic E-state index is 12.9. The standard InChI is InChI=1S/C15H13F3OS/c1-3-12(19)14-7-6-13(20-14)10-5-4-9(2)11(8-10)15(16,17)18/h4-8H,3H2,1-2H3. The molecule has 0 saturated heterocycles. The maximum Gasteiger partial charge on any atom is 0.416 e. The third kappa shape index (κ3) is 2.93. The quantitative estimate of drug-likeness (QED) is 0.699. The van der Waals surface area contributed by atoms with Gasteiger partial charge in [-0.25, -0.2) is 0 Å². The lowest BCUT2D eigenvalue weighted by Gasteiger charge is -2.11. The molecule has 0 unspecified atom stereocenters. The Hall–Kier alpha value is -1.62. The molecule has 1 aromatic carbocycles. The summed E-state index contributed by atoms with van der Waals surface area (Å²) in [5.74, 6) is 0.00408. The van der Waals surface area contributed by atoms with Crippen molar-refractivity contribution in [2.45, 2.75) is 26.4 Å². The maximum atomic E-state index is 12.9. The van der Waals surface area contributed by atoms with Crippen molar-refractivity contribution in [3.63, 3.8) is 0 Å². The van der Waals surface area contributed by atoms with E-state index in [1.54, 1.807) is 25.1 Å². The number of Topliss-reactive ketones (excluding diaryl/α,β-unsaturated/α-hetero) is 1. The van der Waals surface area contributed by atoms with Gasteiger partial charge in [0.2, 0.25) is 0 Å². The highest BCUT2D eigenvalue weighted by atomic mass is 32.1. The van der Waals surface area contributed by atoms with Crippen LogP contribution in [0.15, 0.2) is 30.3 Å². The van der Waals surface area contributed by atoms with Gasteiger partial charge in [-0.15, -0.1) is 11.3 Å². The minimum Gasteiger partial charge on any atom is -0.293 e. The van der Waals surface area contributed by atoms with Crippen LogP contribution in [0.25, 0.3) is 10.4 Å². The zero-order valence-electron chi connectivity index (χ0n) is 11.0. The van der Waals surface area contributed by atoms with Crippen molar-refractivity contribution in [1.82, 2.24) is 0 Å². The van der Waals surface area contributed by atoms with E-state index < -0.39 is 11.7 Å². The van der Waals surface area contributed by atoms with Crippen LogP contribution in [-0.4, -0.2) is 5.78 Å². The van der Waals surface area contributed by atoms with Crippen molar-refractivity contribution < 1.29 is 18.0 Å². The Bertz CT molecular complexity index is 641. The number of hydrogen-bond acceptors (Lipinski definition) is 2. The van der Waals surface area contributed by atoms with Crippen LogP contribution in [0.1, 0.15) is 34.1 Å². The van der Waals surface area contributed by atoms with Gasteiger partial charge in [0.1, 0.15) is 0 Å². The van der Waals surface area contributed by atoms with Gasteiger partial charge in [0.25, 0.3) is 0 Å². The smallest absolute Gasteiger partial charge is 0.293 e. The van der Waals surface area contributed by atoms with E-state index in [9.17, 15) is 18.0 Å². The topological polar surface area (TPSA) is 17.1 Å². The molecule has 0 radical (unpaired) electrons. The number of rotatable bonds is 3. The van der Waals surface area contributed by atoms with Crippen LogP contribution in [0, 0.1) is 6.92 Å². The Balaban J connectivity index is 2.44. The number of thiophene rings is 1.